The Bertz CT molecular complexity index is 898. The van der Waals surface area contributed by atoms with Gasteiger partial charge in [-0.2, -0.15) is 0 Å². The third-order valence-electron chi connectivity index (χ3n) is 4.76. The molecule has 0 amide bonds. The molecule has 0 fully saturated rings. The zero-order valence-electron chi connectivity index (χ0n) is 15.1. The van der Waals surface area contributed by atoms with Crippen LogP contribution in [-0.4, -0.2) is 37.3 Å². The normalized spacial score (nSPS) is 13.2. The van der Waals surface area contributed by atoms with Crippen LogP contribution in [0, 0.1) is 0 Å². The van der Waals surface area contributed by atoms with Crippen LogP contribution in [-0.2, 0) is 25.9 Å². The summed E-state index contributed by atoms with van der Waals surface area (Å²) in [7, 11) is 0. The number of pyridine rings is 1. The maximum Gasteiger partial charge on any atom is 0.345 e. The highest BCUT2D eigenvalue weighted by atomic mass is 16.4. The van der Waals surface area contributed by atoms with Gasteiger partial charge in [-0.3, -0.25) is 4.79 Å². The molecule has 0 saturated heterocycles. The molecule has 8 heteroatoms. The summed E-state index contributed by atoms with van der Waals surface area (Å²) < 4.78 is 2.13. The van der Waals surface area contributed by atoms with Crippen molar-refractivity contribution in [2.45, 2.75) is 52.6 Å². The van der Waals surface area contributed by atoms with E-state index in [1.54, 1.807) is 0 Å². The number of carbonyl (C=O) groups is 1. The fourth-order valence-corrected chi connectivity index (χ4v) is 3.58. The molecule has 8 nitrogen and oxygen atoms in total. The summed E-state index contributed by atoms with van der Waals surface area (Å²) in [4.78, 5) is 30.9. The second kappa shape index (κ2) is 7.33. The summed E-state index contributed by atoms with van der Waals surface area (Å²) in [5, 5.41) is 22.9. The van der Waals surface area contributed by atoms with Crippen LogP contribution in [0.2, 0.25) is 0 Å². The van der Waals surface area contributed by atoms with Gasteiger partial charge in [0, 0.05) is 17.8 Å². The molecular formula is C18H24N4O4. The molecular weight excluding hydrogens is 336 g/mol. The van der Waals surface area contributed by atoms with Crippen molar-refractivity contribution in [3.05, 3.63) is 33.0 Å². The number of nitrogens with zero attached hydrogens (tertiary/aromatic N) is 2. The Morgan fingerprint density at radius 2 is 2.12 bits per heavy atom. The van der Waals surface area contributed by atoms with E-state index in [1.165, 1.54) is 0 Å². The Labute approximate surface area is 150 Å². The highest BCUT2D eigenvalue weighted by molar-refractivity contribution is 5.91. The smallest absolute Gasteiger partial charge is 0.345 e. The third kappa shape index (κ3) is 3.01. The van der Waals surface area contributed by atoms with Gasteiger partial charge >= 0.3 is 5.97 Å². The lowest BCUT2D eigenvalue weighted by atomic mass is 10.0. The number of aromatic carboxylic acids is 1. The van der Waals surface area contributed by atoms with E-state index in [2.05, 4.69) is 21.8 Å². The summed E-state index contributed by atoms with van der Waals surface area (Å²) >= 11 is 0. The van der Waals surface area contributed by atoms with Crippen molar-refractivity contribution in [1.82, 2.24) is 19.9 Å². The number of aromatic nitrogens is 3. The predicted octanol–water partition coefficient (Wildman–Crippen LogP) is 1.65. The van der Waals surface area contributed by atoms with E-state index >= 15 is 0 Å². The van der Waals surface area contributed by atoms with Crippen LogP contribution in [0.15, 0.2) is 4.79 Å². The summed E-state index contributed by atoms with van der Waals surface area (Å²) in [5.41, 5.74) is 1.13. The van der Waals surface area contributed by atoms with Crippen LogP contribution in [0.25, 0.3) is 11.4 Å². The fourth-order valence-electron chi connectivity index (χ4n) is 3.58. The third-order valence-corrected chi connectivity index (χ3v) is 4.76. The molecule has 1 aliphatic carbocycles. The Balaban J connectivity index is 2.17. The Hall–Kier alpha value is -2.61. The molecule has 0 bridgehead atoms. The van der Waals surface area contributed by atoms with Crippen molar-refractivity contribution >= 4 is 5.97 Å². The average molecular weight is 360 g/mol. The van der Waals surface area contributed by atoms with Crippen LogP contribution < -0.4 is 10.9 Å². The van der Waals surface area contributed by atoms with E-state index in [9.17, 15) is 19.8 Å². The summed E-state index contributed by atoms with van der Waals surface area (Å²) in [5.74, 6) is -0.998. The molecule has 2 heterocycles. The van der Waals surface area contributed by atoms with Crippen LogP contribution in [0.4, 0.5) is 0 Å². The summed E-state index contributed by atoms with van der Waals surface area (Å²) in [6.45, 7) is 6.40. The van der Waals surface area contributed by atoms with Crippen molar-refractivity contribution in [3.63, 3.8) is 0 Å². The zero-order chi connectivity index (χ0) is 18.8. The van der Waals surface area contributed by atoms with Crippen molar-refractivity contribution < 1.29 is 15.0 Å². The molecule has 3 rings (SSSR count). The van der Waals surface area contributed by atoms with Gasteiger partial charge in [0.1, 0.15) is 17.3 Å². The lowest BCUT2D eigenvalue weighted by Crippen LogP contribution is -2.20. The second-order valence-electron chi connectivity index (χ2n) is 6.43. The monoisotopic (exact) mass is 360 g/mol. The number of hydrogen-bond acceptors (Lipinski definition) is 5. The van der Waals surface area contributed by atoms with Gasteiger partial charge in [0.25, 0.3) is 5.56 Å². The minimum Gasteiger partial charge on any atom is -0.506 e. The first-order valence-electron chi connectivity index (χ1n) is 9.00. The largest absolute Gasteiger partial charge is 0.506 e. The van der Waals surface area contributed by atoms with Crippen molar-refractivity contribution in [3.8, 4) is 17.1 Å². The molecule has 0 saturated carbocycles. The van der Waals surface area contributed by atoms with E-state index in [-0.39, 0.29) is 0 Å². The quantitative estimate of drug-likeness (QED) is 0.582. The van der Waals surface area contributed by atoms with Crippen molar-refractivity contribution in [2.24, 2.45) is 0 Å². The number of carboxylic acid groups (broad SMARTS) is 1. The van der Waals surface area contributed by atoms with Gasteiger partial charge in [0.15, 0.2) is 5.56 Å². The number of aromatic amines is 1. The number of hydrogen-bond donors (Lipinski definition) is 4. The Morgan fingerprint density at radius 3 is 2.77 bits per heavy atom. The second-order valence-corrected chi connectivity index (χ2v) is 6.43. The van der Waals surface area contributed by atoms with Crippen LogP contribution in [0.3, 0.4) is 0 Å². The molecule has 2 aromatic rings. The number of H-pyrrole nitrogens is 1. The number of carboxylic acids is 1. The lowest BCUT2D eigenvalue weighted by molar-refractivity contribution is 0.0691. The molecule has 1 aliphatic rings. The maximum atomic E-state index is 12.2. The summed E-state index contributed by atoms with van der Waals surface area (Å²) in [6, 6.07) is 0. The van der Waals surface area contributed by atoms with Gasteiger partial charge in [0.05, 0.1) is 12.2 Å². The molecule has 0 aromatic carbocycles. The first-order valence-corrected chi connectivity index (χ1v) is 9.00. The van der Waals surface area contributed by atoms with Crippen LogP contribution in [0.1, 0.15) is 54.1 Å². The van der Waals surface area contributed by atoms with E-state index in [1.807, 2.05) is 6.92 Å². The molecule has 4 N–H and O–H groups in total. The molecule has 2 aromatic heterocycles. The molecule has 0 radical (unpaired) electrons. The highest BCUT2D eigenvalue weighted by Gasteiger charge is 2.28. The Kier molecular flexibility index (Phi) is 5.13. The minimum atomic E-state index is -1.43. The average Bonchev–Trinajstić information content (AvgIpc) is 2.84. The lowest BCUT2D eigenvalue weighted by Gasteiger charge is -2.09. The SMILES string of the molecule is CCCNCc1nc2c(n1CC)CCCc1c-2[nH]c(=O)c(C(=O)O)c1O. The summed E-state index contributed by atoms with van der Waals surface area (Å²) in [6.07, 6.45) is 3.00. The topological polar surface area (TPSA) is 120 Å². The van der Waals surface area contributed by atoms with Gasteiger partial charge < -0.3 is 25.1 Å². The molecule has 0 aliphatic heterocycles. The van der Waals surface area contributed by atoms with E-state index < -0.39 is 22.8 Å². The molecule has 26 heavy (non-hydrogen) atoms. The highest BCUT2D eigenvalue weighted by Crippen LogP contribution is 2.35. The van der Waals surface area contributed by atoms with Crippen LogP contribution >= 0.6 is 0 Å². The predicted molar refractivity (Wildman–Crippen MR) is 96.6 cm³/mol. The Morgan fingerprint density at radius 1 is 1.35 bits per heavy atom. The number of aromatic hydroxyl groups is 1. The molecule has 0 unspecified atom stereocenters. The number of imidazole rings is 1. The van der Waals surface area contributed by atoms with E-state index in [0.717, 1.165) is 43.9 Å². The van der Waals surface area contributed by atoms with Gasteiger partial charge in [-0.15, -0.1) is 0 Å². The van der Waals surface area contributed by atoms with Gasteiger partial charge in [-0.25, -0.2) is 9.78 Å². The number of fused-ring (bicyclic) bond motifs is 3. The van der Waals surface area contributed by atoms with Crippen LogP contribution in [0.5, 0.6) is 5.75 Å². The zero-order valence-corrected chi connectivity index (χ0v) is 15.1. The number of nitrogens with one attached hydrogen (secondary N) is 2. The fraction of sp³-hybridized carbons (Fsp3) is 0.500. The maximum absolute atomic E-state index is 12.2. The van der Waals surface area contributed by atoms with Crippen molar-refractivity contribution in [1.29, 1.82) is 0 Å². The van der Waals surface area contributed by atoms with Gasteiger partial charge in [-0.05, 0) is 39.2 Å². The first-order chi connectivity index (χ1) is 12.5. The number of rotatable bonds is 6. The van der Waals surface area contributed by atoms with E-state index in [0.29, 0.717) is 29.9 Å². The standard InChI is InChI=1S/C18H24N4O4/c1-3-8-19-9-12-20-15-11(22(12)4-2)7-5-6-10-14(15)21-17(24)13(16(10)23)18(25)26/h19H,3-9H2,1-2H3,(H,25,26)(H2,21,23,24). The minimum absolute atomic E-state index is 0.439. The molecule has 0 atom stereocenters. The molecule has 0 spiro atoms. The van der Waals surface area contributed by atoms with Gasteiger partial charge in [0.2, 0.25) is 0 Å². The molecule has 140 valence electrons. The first kappa shape index (κ1) is 18.2. The van der Waals surface area contributed by atoms with Gasteiger partial charge in [-0.1, -0.05) is 6.92 Å². The van der Waals surface area contributed by atoms with E-state index in [4.69, 9.17) is 4.98 Å². The van der Waals surface area contributed by atoms with Crippen molar-refractivity contribution in [2.75, 3.05) is 6.54 Å².